The average Bonchev–Trinajstić information content (AvgIpc) is 3.34. The van der Waals surface area contributed by atoms with E-state index in [-0.39, 0.29) is 18.1 Å². The van der Waals surface area contributed by atoms with E-state index in [1.54, 1.807) is 10.9 Å². The molecule has 2 atom stereocenters. The molecule has 9 heteroatoms. The van der Waals surface area contributed by atoms with Crippen LogP contribution in [0.2, 0.25) is 0 Å². The summed E-state index contributed by atoms with van der Waals surface area (Å²) in [5.41, 5.74) is 1.65. The lowest BCUT2D eigenvalue weighted by Crippen LogP contribution is -2.31. The van der Waals surface area contributed by atoms with Crippen molar-refractivity contribution in [3.05, 3.63) is 23.7 Å². The molecule has 1 N–H and O–H groups in total. The van der Waals surface area contributed by atoms with E-state index < -0.39 is 0 Å². The highest BCUT2D eigenvalue weighted by molar-refractivity contribution is 7.17. The fourth-order valence-electron chi connectivity index (χ4n) is 2.90. The molecule has 1 aliphatic rings. The summed E-state index contributed by atoms with van der Waals surface area (Å²) >= 11 is 1.53. The van der Waals surface area contributed by atoms with Gasteiger partial charge >= 0.3 is 5.97 Å². The second kappa shape index (κ2) is 6.41. The summed E-state index contributed by atoms with van der Waals surface area (Å²) in [5.74, 6) is 0.829. The zero-order valence-corrected chi connectivity index (χ0v) is 14.6. The average molecular weight is 359 g/mol. The van der Waals surface area contributed by atoms with Gasteiger partial charge in [0.25, 0.3) is 0 Å². The number of esters is 1. The summed E-state index contributed by atoms with van der Waals surface area (Å²) in [5, 5.41) is 9.25. The lowest BCUT2D eigenvalue weighted by molar-refractivity contribution is -0.142. The van der Waals surface area contributed by atoms with Crippen LogP contribution >= 0.6 is 11.3 Å². The van der Waals surface area contributed by atoms with E-state index in [9.17, 15) is 4.79 Å². The van der Waals surface area contributed by atoms with Crippen LogP contribution in [0.4, 0.5) is 0 Å². The minimum Gasteiger partial charge on any atom is -0.472 e. The van der Waals surface area contributed by atoms with Crippen LogP contribution in [0.5, 0.6) is 5.88 Å². The number of methoxy groups -OCH3 is 1. The van der Waals surface area contributed by atoms with Gasteiger partial charge in [0.05, 0.1) is 12.6 Å². The normalized spacial score (nSPS) is 20.1. The Morgan fingerprint density at radius 1 is 1.40 bits per heavy atom. The number of nitrogens with zero attached hydrogens (tertiary/aromatic N) is 4. The van der Waals surface area contributed by atoms with Crippen molar-refractivity contribution in [1.82, 2.24) is 25.1 Å². The summed E-state index contributed by atoms with van der Waals surface area (Å²) < 4.78 is 13.5. The highest BCUT2D eigenvalue weighted by atomic mass is 32.1. The van der Waals surface area contributed by atoms with Crippen molar-refractivity contribution >= 4 is 27.5 Å². The van der Waals surface area contributed by atoms with Gasteiger partial charge in [-0.1, -0.05) is 0 Å². The fourth-order valence-corrected chi connectivity index (χ4v) is 3.66. The number of carbonyl (C=O) groups is 1. The molecule has 8 nitrogen and oxygen atoms in total. The number of nitrogens with one attached hydrogen (secondary N) is 1. The molecule has 4 rings (SSSR count). The second-order valence-electron chi connectivity index (χ2n) is 5.79. The molecule has 1 aliphatic heterocycles. The summed E-state index contributed by atoms with van der Waals surface area (Å²) in [6, 6.07) is 3.47. The third-order valence-electron chi connectivity index (χ3n) is 4.18. The van der Waals surface area contributed by atoms with Gasteiger partial charge in [-0.3, -0.25) is 9.48 Å². The molecule has 0 radical (unpaired) electrons. The van der Waals surface area contributed by atoms with Gasteiger partial charge in [0.1, 0.15) is 22.5 Å². The number of aromatic nitrogens is 4. The summed E-state index contributed by atoms with van der Waals surface area (Å²) in [6.07, 6.45) is 2.10. The highest BCUT2D eigenvalue weighted by Crippen LogP contribution is 2.31. The van der Waals surface area contributed by atoms with Crippen LogP contribution in [-0.4, -0.2) is 51.5 Å². The van der Waals surface area contributed by atoms with Gasteiger partial charge in [0, 0.05) is 26.2 Å². The third-order valence-corrected chi connectivity index (χ3v) is 5.07. The van der Waals surface area contributed by atoms with Crippen molar-refractivity contribution in [1.29, 1.82) is 0 Å². The molecule has 0 aliphatic carbocycles. The Hall–Kier alpha value is -2.52. The Morgan fingerprint density at radius 2 is 2.28 bits per heavy atom. The quantitative estimate of drug-likeness (QED) is 0.704. The number of hydrogen-bond acceptors (Lipinski definition) is 8. The predicted molar refractivity (Wildman–Crippen MR) is 92.5 cm³/mol. The molecular weight excluding hydrogens is 342 g/mol. The smallest absolute Gasteiger partial charge is 0.323 e. The van der Waals surface area contributed by atoms with Crippen molar-refractivity contribution < 1.29 is 14.3 Å². The van der Waals surface area contributed by atoms with Crippen LogP contribution in [-0.2, 0) is 16.6 Å². The molecule has 2 unspecified atom stereocenters. The van der Waals surface area contributed by atoms with Gasteiger partial charge < -0.3 is 14.8 Å². The number of ether oxygens (including phenoxy) is 2. The van der Waals surface area contributed by atoms with Crippen LogP contribution in [0.25, 0.3) is 21.7 Å². The Kier molecular flexibility index (Phi) is 4.10. The molecule has 0 aromatic carbocycles. The van der Waals surface area contributed by atoms with Gasteiger partial charge in [-0.05, 0) is 17.5 Å². The Bertz CT molecular complexity index is 922. The van der Waals surface area contributed by atoms with E-state index in [0.29, 0.717) is 24.7 Å². The zero-order chi connectivity index (χ0) is 17.4. The maximum absolute atomic E-state index is 11.7. The summed E-state index contributed by atoms with van der Waals surface area (Å²) in [4.78, 5) is 20.9. The number of carbonyl (C=O) groups excluding carboxylic acids is 1. The van der Waals surface area contributed by atoms with Crippen molar-refractivity contribution in [2.75, 3.05) is 13.7 Å². The maximum atomic E-state index is 11.7. The Labute approximate surface area is 147 Å². The number of aryl methyl sites for hydroxylation is 1. The van der Waals surface area contributed by atoms with Crippen LogP contribution < -0.4 is 10.1 Å². The monoisotopic (exact) mass is 359 g/mol. The SMILES string of the molecule is COC(=O)C1CC(Oc2nc(-c3ccnn3C)nc3ccsc23)CN1. The molecule has 1 fully saturated rings. The minimum atomic E-state index is -0.341. The molecule has 0 amide bonds. The van der Waals surface area contributed by atoms with Crippen LogP contribution in [0.15, 0.2) is 23.7 Å². The number of thiophene rings is 1. The van der Waals surface area contributed by atoms with Crippen LogP contribution in [0, 0.1) is 0 Å². The first-order valence-electron chi connectivity index (χ1n) is 7.87. The van der Waals surface area contributed by atoms with Crippen molar-refractivity contribution in [2.24, 2.45) is 7.05 Å². The van der Waals surface area contributed by atoms with E-state index in [0.717, 1.165) is 15.9 Å². The Morgan fingerprint density at radius 3 is 3.04 bits per heavy atom. The first kappa shape index (κ1) is 16.0. The largest absolute Gasteiger partial charge is 0.472 e. The fraction of sp³-hybridized carbons (Fsp3) is 0.375. The topological polar surface area (TPSA) is 91.2 Å². The number of hydrogen-bond donors (Lipinski definition) is 1. The first-order chi connectivity index (χ1) is 12.2. The number of fused-ring (bicyclic) bond motifs is 1. The molecule has 3 aromatic rings. The van der Waals surface area contributed by atoms with E-state index >= 15 is 0 Å². The molecule has 0 bridgehead atoms. The third kappa shape index (κ3) is 2.96. The molecule has 130 valence electrons. The predicted octanol–water partition coefficient (Wildman–Crippen LogP) is 1.37. The molecular formula is C16H17N5O3S. The second-order valence-corrected chi connectivity index (χ2v) is 6.70. The Balaban J connectivity index is 1.64. The van der Waals surface area contributed by atoms with E-state index in [1.807, 2.05) is 24.6 Å². The maximum Gasteiger partial charge on any atom is 0.323 e. The summed E-state index contributed by atoms with van der Waals surface area (Å²) in [6.45, 7) is 0.567. The number of rotatable bonds is 4. The highest BCUT2D eigenvalue weighted by Gasteiger charge is 2.32. The van der Waals surface area contributed by atoms with Crippen LogP contribution in [0.3, 0.4) is 0 Å². The molecule has 3 aromatic heterocycles. The first-order valence-corrected chi connectivity index (χ1v) is 8.75. The molecule has 25 heavy (non-hydrogen) atoms. The van der Waals surface area contributed by atoms with Gasteiger partial charge in [-0.2, -0.15) is 10.1 Å². The standard InChI is InChI=1S/C16H17N5O3S/c1-21-12(3-5-18-21)14-19-10-4-6-25-13(10)15(20-14)24-9-7-11(17-8-9)16(22)23-2/h3-6,9,11,17H,7-8H2,1-2H3. The van der Waals surface area contributed by atoms with Crippen molar-refractivity contribution in [2.45, 2.75) is 18.6 Å². The zero-order valence-electron chi connectivity index (χ0n) is 13.8. The lowest BCUT2D eigenvalue weighted by atomic mass is 10.2. The minimum absolute atomic E-state index is 0.149. The van der Waals surface area contributed by atoms with Crippen molar-refractivity contribution in [3.63, 3.8) is 0 Å². The van der Waals surface area contributed by atoms with Gasteiger partial charge in [0.2, 0.25) is 5.88 Å². The molecule has 1 saturated heterocycles. The van der Waals surface area contributed by atoms with Crippen molar-refractivity contribution in [3.8, 4) is 17.4 Å². The molecule has 0 saturated carbocycles. The molecule has 4 heterocycles. The van der Waals surface area contributed by atoms with Crippen LogP contribution in [0.1, 0.15) is 6.42 Å². The van der Waals surface area contributed by atoms with E-state index in [4.69, 9.17) is 9.47 Å². The van der Waals surface area contributed by atoms with Gasteiger partial charge in [-0.25, -0.2) is 4.98 Å². The lowest BCUT2D eigenvalue weighted by Gasteiger charge is -2.13. The van der Waals surface area contributed by atoms with Gasteiger partial charge in [0.15, 0.2) is 5.82 Å². The van der Waals surface area contributed by atoms with Gasteiger partial charge in [-0.15, -0.1) is 11.3 Å². The molecule has 0 spiro atoms. The van der Waals surface area contributed by atoms with E-state index in [2.05, 4.69) is 20.4 Å². The summed E-state index contributed by atoms with van der Waals surface area (Å²) in [7, 11) is 3.23. The van der Waals surface area contributed by atoms with E-state index in [1.165, 1.54) is 18.4 Å².